The molecular weight excluding hydrogens is 605 g/mol. The Morgan fingerprint density at radius 3 is 1.82 bits per heavy atom. The highest BCUT2D eigenvalue weighted by atomic mass is 35.5. The van der Waals surface area contributed by atoms with Crippen LogP contribution in [0.15, 0.2) is 94.7 Å². The van der Waals surface area contributed by atoms with Crippen LogP contribution in [0.3, 0.4) is 0 Å². The van der Waals surface area contributed by atoms with Gasteiger partial charge < -0.3 is 5.32 Å². The van der Waals surface area contributed by atoms with E-state index in [4.69, 9.17) is 34.8 Å². The molecule has 0 spiro atoms. The smallest absolute Gasteiger partial charge is 0.261 e. The molecule has 8 nitrogen and oxygen atoms in total. The van der Waals surface area contributed by atoms with Crippen molar-refractivity contribution in [1.82, 2.24) is 0 Å². The summed E-state index contributed by atoms with van der Waals surface area (Å²) in [7, 11) is -7.86. The Labute approximate surface area is 241 Å². The SMILES string of the molecule is Cc1ccc(S(=O)(=O)Nc2ccc(C(=O)Nc3ccc(S(=O)(=O)Nc4cccc(Cl)c4Cl)cc3)cc2Cl)cc1. The number of rotatable bonds is 8. The molecule has 0 atom stereocenters. The normalized spacial score (nSPS) is 11.6. The highest BCUT2D eigenvalue weighted by Gasteiger charge is 2.19. The number of halogens is 3. The first kappa shape index (κ1) is 28.7. The minimum absolute atomic E-state index is 0.0190. The highest BCUT2D eigenvalue weighted by Crippen LogP contribution is 2.31. The van der Waals surface area contributed by atoms with Crippen LogP contribution in [-0.2, 0) is 20.0 Å². The maximum Gasteiger partial charge on any atom is 0.261 e. The van der Waals surface area contributed by atoms with E-state index in [2.05, 4.69) is 14.8 Å². The minimum atomic E-state index is -3.98. The van der Waals surface area contributed by atoms with Gasteiger partial charge in [0.1, 0.15) is 0 Å². The molecule has 0 heterocycles. The Morgan fingerprint density at radius 2 is 1.23 bits per heavy atom. The molecule has 0 aromatic heterocycles. The van der Waals surface area contributed by atoms with Crippen LogP contribution in [0, 0.1) is 6.92 Å². The molecule has 202 valence electrons. The molecule has 0 fully saturated rings. The second kappa shape index (κ2) is 11.4. The summed E-state index contributed by atoms with van der Waals surface area (Å²) < 4.78 is 55.5. The molecule has 0 saturated carbocycles. The number of nitrogens with one attached hydrogen (secondary N) is 3. The maximum atomic E-state index is 12.7. The number of carbonyl (C=O) groups is 1. The number of carbonyl (C=O) groups excluding carboxylic acids is 1. The number of benzene rings is 4. The van der Waals surface area contributed by atoms with Crippen LogP contribution in [0.4, 0.5) is 17.1 Å². The maximum absolute atomic E-state index is 12.7. The van der Waals surface area contributed by atoms with E-state index in [9.17, 15) is 21.6 Å². The quantitative estimate of drug-likeness (QED) is 0.199. The van der Waals surface area contributed by atoms with Crippen LogP contribution in [-0.4, -0.2) is 22.7 Å². The van der Waals surface area contributed by atoms with Gasteiger partial charge in [-0.3, -0.25) is 14.2 Å². The van der Waals surface area contributed by atoms with E-state index in [1.165, 1.54) is 66.7 Å². The van der Waals surface area contributed by atoms with Crippen molar-refractivity contribution in [2.45, 2.75) is 16.7 Å². The molecule has 13 heteroatoms. The molecule has 0 aliphatic heterocycles. The average molecular weight is 625 g/mol. The summed E-state index contributed by atoms with van der Waals surface area (Å²) in [6.45, 7) is 1.84. The molecule has 1 amide bonds. The van der Waals surface area contributed by atoms with Crippen molar-refractivity contribution in [3.8, 4) is 0 Å². The first-order chi connectivity index (χ1) is 18.4. The molecule has 4 aromatic carbocycles. The third-order valence-electron chi connectivity index (χ3n) is 5.43. The number of amides is 1. The fraction of sp³-hybridized carbons (Fsp3) is 0.0385. The summed E-state index contributed by atoms with van der Waals surface area (Å²) >= 11 is 18.3. The Hall–Kier alpha value is -3.28. The Balaban J connectivity index is 1.44. The molecule has 0 unspecified atom stereocenters. The van der Waals surface area contributed by atoms with Gasteiger partial charge in [-0.15, -0.1) is 0 Å². The first-order valence-electron chi connectivity index (χ1n) is 11.1. The third-order valence-corrected chi connectivity index (χ3v) is 9.32. The molecule has 0 radical (unpaired) electrons. The number of hydrogen-bond acceptors (Lipinski definition) is 5. The van der Waals surface area contributed by atoms with Gasteiger partial charge in [0, 0.05) is 11.3 Å². The van der Waals surface area contributed by atoms with Gasteiger partial charge in [0.25, 0.3) is 26.0 Å². The van der Waals surface area contributed by atoms with Gasteiger partial charge in [0.15, 0.2) is 0 Å². The van der Waals surface area contributed by atoms with Crippen LogP contribution < -0.4 is 14.8 Å². The van der Waals surface area contributed by atoms with Crippen molar-refractivity contribution in [1.29, 1.82) is 0 Å². The van der Waals surface area contributed by atoms with Gasteiger partial charge >= 0.3 is 0 Å². The molecule has 4 rings (SSSR count). The van der Waals surface area contributed by atoms with E-state index in [1.54, 1.807) is 18.2 Å². The van der Waals surface area contributed by atoms with Crippen LogP contribution in [0.25, 0.3) is 0 Å². The van der Waals surface area contributed by atoms with Crippen LogP contribution in [0.2, 0.25) is 15.1 Å². The zero-order valence-corrected chi connectivity index (χ0v) is 24.0. The van der Waals surface area contributed by atoms with Crippen molar-refractivity contribution in [2.75, 3.05) is 14.8 Å². The fourth-order valence-corrected chi connectivity index (χ4v) is 6.21. The number of anilines is 3. The van der Waals surface area contributed by atoms with Crippen LogP contribution >= 0.6 is 34.8 Å². The Morgan fingerprint density at radius 1 is 0.667 bits per heavy atom. The monoisotopic (exact) mass is 623 g/mol. The van der Waals surface area contributed by atoms with Gasteiger partial charge in [0.05, 0.1) is 36.2 Å². The summed E-state index contributed by atoms with van der Waals surface area (Å²) in [5, 5.41) is 2.93. The Bertz CT molecular complexity index is 1760. The summed E-state index contributed by atoms with van der Waals surface area (Å²) in [5.41, 5.74) is 1.63. The zero-order valence-electron chi connectivity index (χ0n) is 20.1. The molecule has 0 saturated heterocycles. The molecule has 39 heavy (non-hydrogen) atoms. The van der Waals surface area contributed by atoms with E-state index in [0.717, 1.165) is 5.56 Å². The molecule has 0 aliphatic rings. The second-order valence-electron chi connectivity index (χ2n) is 8.30. The number of hydrogen-bond donors (Lipinski definition) is 3. The van der Waals surface area contributed by atoms with Crippen LogP contribution in [0.5, 0.6) is 0 Å². The topological polar surface area (TPSA) is 121 Å². The van der Waals surface area contributed by atoms with E-state index < -0.39 is 26.0 Å². The molecule has 3 N–H and O–H groups in total. The van der Waals surface area contributed by atoms with E-state index in [0.29, 0.717) is 5.69 Å². The Kier molecular flexibility index (Phi) is 8.43. The standard InChI is InChI=1S/C26H20Cl3N3O5S2/c1-16-5-10-19(11-6-16)38(34,35)31-23-14-7-17(15-22(23)28)26(33)30-18-8-12-20(13-9-18)39(36,37)32-24-4-2-3-21(27)25(24)29/h2-15,31-32H,1H3,(H,30,33). The van der Waals surface area contributed by atoms with Crippen molar-refractivity contribution in [3.63, 3.8) is 0 Å². The van der Waals surface area contributed by atoms with E-state index >= 15 is 0 Å². The predicted octanol–water partition coefficient (Wildman–Crippen LogP) is 6.81. The van der Waals surface area contributed by atoms with Crippen molar-refractivity contribution >= 4 is 77.8 Å². The average Bonchev–Trinajstić information content (AvgIpc) is 2.88. The minimum Gasteiger partial charge on any atom is -0.322 e. The van der Waals surface area contributed by atoms with Gasteiger partial charge in [-0.2, -0.15) is 0 Å². The van der Waals surface area contributed by atoms with Gasteiger partial charge in [-0.1, -0.05) is 58.6 Å². The second-order valence-corrected chi connectivity index (χ2v) is 12.9. The first-order valence-corrected chi connectivity index (χ1v) is 15.2. The highest BCUT2D eigenvalue weighted by molar-refractivity contribution is 7.93. The number of sulfonamides is 2. The van der Waals surface area contributed by atoms with E-state index in [1.807, 2.05) is 6.92 Å². The molecule has 0 bridgehead atoms. The van der Waals surface area contributed by atoms with Crippen molar-refractivity contribution < 1.29 is 21.6 Å². The lowest BCUT2D eigenvalue weighted by Gasteiger charge is -2.12. The lowest BCUT2D eigenvalue weighted by atomic mass is 10.2. The summed E-state index contributed by atoms with van der Waals surface area (Å²) in [6.07, 6.45) is 0. The van der Waals surface area contributed by atoms with Crippen molar-refractivity contribution in [3.05, 3.63) is 111 Å². The van der Waals surface area contributed by atoms with Crippen LogP contribution in [0.1, 0.15) is 15.9 Å². The fourth-order valence-electron chi connectivity index (χ4n) is 3.37. The third kappa shape index (κ3) is 6.84. The lowest BCUT2D eigenvalue weighted by molar-refractivity contribution is 0.102. The predicted molar refractivity (Wildman–Crippen MR) is 155 cm³/mol. The summed E-state index contributed by atoms with van der Waals surface area (Å²) in [6, 6.07) is 20.4. The van der Waals surface area contributed by atoms with E-state index in [-0.39, 0.29) is 41.8 Å². The zero-order chi connectivity index (χ0) is 28.4. The van der Waals surface area contributed by atoms with Crippen molar-refractivity contribution in [2.24, 2.45) is 0 Å². The van der Waals surface area contributed by atoms with Gasteiger partial charge in [-0.05, 0) is 73.7 Å². The summed E-state index contributed by atoms with van der Waals surface area (Å²) in [5.74, 6) is -0.538. The summed E-state index contributed by atoms with van der Waals surface area (Å²) in [4.78, 5) is 12.7. The van der Waals surface area contributed by atoms with Gasteiger partial charge in [-0.25, -0.2) is 16.8 Å². The van der Waals surface area contributed by atoms with Gasteiger partial charge in [0.2, 0.25) is 0 Å². The lowest BCUT2D eigenvalue weighted by Crippen LogP contribution is -2.15. The number of aryl methyl sites for hydroxylation is 1. The molecule has 0 aliphatic carbocycles. The molecule has 4 aromatic rings. The largest absolute Gasteiger partial charge is 0.322 e. The molecular formula is C26H20Cl3N3O5S2.